The van der Waals surface area contributed by atoms with Crippen LogP contribution in [0.3, 0.4) is 0 Å². The topological polar surface area (TPSA) is 22.1 Å². The lowest BCUT2D eigenvalue weighted by atomic mass is 10.2. The van der Waals surface area contributed by atoms with Crippen LogP contribution in [0.4, 0.5) is 0 Å². The second kappa shape index (κ2) is 6.44. The van der Waals surface area contributed by atoms with Crippen LogP contribution < -0.4 is 4.74 Å². The van der Waals surface area contributed by atoms with Crippen LogP contribution in [0.2, 0.25) is 0 Å². The highest BCUT2D eigenvalue weighted by atomic mass is 35.5. The Morgan fingerprint density at radius 2 is 2.36 bits per heavy atom. The number of hydrogen-bond acceptors (Lipinski definition) is 2. The molecule has 0 atom stereocenters. The summed E-state index contributed by atoms with van der Waals surface area (Å²) in [6, 6.07) is 3.84. The minimum atomic E-state index is 0.647. The Morgan fingerprint density at radius 1 is 1.50 bits per heavy atom. The molecule has 0 N–H and O–H groups in total. The molecular weight excluding hydrogens is 198 g/mol. The zero-order valence-corrected chi connectivity index (χ0v) is 9.00. The van der Waals surface area contributed by atoms with Crippen molar-refractivity contribution in [1.82, 2.24) is 4.98 Å². The normalized spacial score (nSPS) is 10.7. The van der Waals surface area contributed by atoms with Crippen LogP contribution in [-0.4, -0.2) is 17.5 Å². The summed E-state index contributed by atoms with van der Waals surface area (Å²) in [5.74, 6) is 1.32. The average molecular weight is 212 g/mol. The fourth-order valence-electron chi connectivity index (χ4n) is 1.01. The SMILES string of the molecule is CCOc1ccc(C=CCCCl)cn1. The highest BCUT2D eigenvalue weighted by molar-refractivity contribution is 6.17. The monoisotopic (exact) mass is 211 g/mol. The molecule has 1 aromatic rings. The Balaban J connectivity index is 2.54. The van der Waals surface area contributed by atoms with Gasteiger partial charge in [-0.15, -0.1) is 11.6 Å². The molecule has 0 aliphatic rings. The standard InChI is InChI=1S/C11H14ClNO/c1-2-14-11-7-6-10(9-13-11)5-3-4-8-12/h3,5-7,9H,2,4,8H2,1H3. The number of halogens is 1. The predicted molar refractivity (Wildman–Crippen MR) is 59.8 cm³/mol. The van der Waals surface area contributed by atoms with Crippen molar-refractivity contribution >= 4 is 17.7 Å². The molecule has 3 heteroatoms. The predicted octanol–water partition coefficient (Wildman–Crippen LogP) is 3.12. The van der Waals surface area contributed by atoms with E-state index in [4.69, 9.17) is 16.3 Å². The summed E-state index contributed by atoms with van der Waals surface area (Å²) in [6.45, 7) is 2.59. The van der Waals surface area contributed by atoms with E-state index in [1.807, 2.05) is 31.2 Å². The van der Waals surface area contributed by atoms with Crippen molar-refractivity contribution in [2.75, 3.05) is 12.5 Å². The van der Waals surface area contributed by atoms with Gasteiger partial charge in [-0.25, -0.2) is 4.98 Å². The highest BCUT2D eigenvalue weighted by Gasteiger charge is 1.92. The molecule has 0 amide bonds. The maximum atomic E-state index is 5.55. The van der Waals surface area contributed by atoms with Crippen molar-refractivity contribution in [2.45, 2.75) is 13.3 Å². The molecule has 14 heavy (non-hydrogen) atoms. The summed E-state index contributed by atoms with van der Waals surface area (Å²) in [7, 11) is 0. The number of ether oxygens (including phenoxy) is 1. The van der Waals surface area contributed by atoms with Crippen LogP contribution in [0.15, 0.2) is 24.4 Å². The van der Waals surface area contributed by atoms with Gasteiger partial charge in [-0.3, -0.25) is 0 Å². The van der Waals surface area contributed by atoms with E-state index in [-0.39, 0.29) is 0 Å². The number of nitrogens with zero attached hydrogens (tertiary/aromatic N) is 1. The third-order valence-corrected chi connectivity index (χ3v) is 1.86. The molecule has 76 valence electrons. The molecule has 0 saturated heterocycles. The van der Waals surface area contributed by atoms with E-state index >= 15 is 0 Å². The molecule has 0 unspecified atom stereocenters. The summed E-state index contributed by atoms with van der Waals surface area (Å²) < 4.78 is 5.23. The molecule has 0 radical (unpaired) electrons. The minimum absolute atomic E-state index is 0.647. The van der Waals surface area contributed by atoms with Crippen LogP contribution >= 0.6 is 11.6 Å². The van der Waals surface area contributed by atoms with Gasteiger partial charge in [0.1, 0.15) is 0 Å². The second-order valence-electron chi connectivity index (χ2n) is 2.74. The average Bonchev–Trinajstić information content (AvgIpc) is 2.21. The maximum Gasteiger partial charge on any atom is 0.213 e. The van der Waals surface area contributed by atoms with Crippen molar-refractivity contribution in [3.8, 4) is 5.88 Å². The number of allylic oxidation sites excluding steroid dienone is 1. The van der Waals surface area contributed by atoms with Crippen molar-refractivity contribution < 1.29 is 4.74 Å². The van der Waals surface area contributed by atoms with Crippen molar-refractivity contribution in [3.05, 3.63) is 30.0 Å². The number of aromatic nitrogens is 1. The zero-order chi connectivity index (χ0) is 10.2. The van der Waals surface area contributed by atoms with E-state index in [2.05, 4.69) is 4.98 Å². The molecule has 1 heterocycles. The lowest BCUT2D eigenvalue weighted by Gasteiger charge is -2.00. The second-order valence-corrected chi connectivity index (χ2v) is 3.12. The Labute approximate surface area is 89.6 Å². The quantitative estimate of drug-likeness (QED) is 0.699. The Hall–Kier alpha value is -1.02. The van der Waals surface area contributed by atoms with E-state index in [1.54, 1.807) is 6.20 Å². The number of hydrogen-bond donors (Lipinski definition) is 0. The number of rotatable bonds is 5. The van der Waals surface area contributed by atoms with Gasteiger partial charge in [0, 0.05) is 18.1 Å². The van der Waals surface area contributed by atoms with Gasteiger partial charge < -0.3 is 4.74 Å². The first-order chi connectivity index (χ1) is 6.86. The van der Waals surface area contributed by atoms with Crippen LogP contribution in [0, 0.1) is 0 Å². The van der Waals surface area contributed by atoms with Crippen LogP contribution in [0.25, 0.3) is 6.08 Å². The fraction of sp³-hybridized carbons (Fsp3) is 0.364. The van der Waals surface area contributed by atoms with E-state index in [0.717, 1.165) is 12.0 Å². The molecule has 1 aromatic heterocycles. The van der Waals surface area contributed by atoms with Gasteiger partial charge in [0.2, 0.25) is 5.88 Å². The summed E-state index contributed by atoms with van der Waals surface area (Å²) in [5.41, 5.74) is 1.07. The van der Waals surface area contributed by atoms with Crippen molar-refractivity contribution in [2.24, 2.45) is 0 Å². The molecule has 0 bridgehead atoms. The van der Waals surface area contributed by atoms with Gasteiger partial charge in [0.25, 0.3) is 0 Å². The van der Waals surface area contributed by atoms with E-state index in [0.29, 0.717) is 18.4 Å². The van der Waals surface area contributed by atoms with Gasteiger partial charge in [0.05, 0.1) is 6.61 Å². The van der Waals surface area contributed by atoms with E-state index < -0.39 is 0 Å². The van der Waals surface area contributed by atoms with Crippen LogP contribution in [0.1, 0.15) is 18.9 Å². The first kappa shape index (κ1) is 11.1. The summed E-state index contributed by atoms with van der Waals surface area (Å²) >= 11 is 5.55. The van der Waals surface area contributed by atoms with Crippen LogP contribution in [0.5, 0.6) is 5.88 Å². The maximum absolute atomic E-state index is 5.55. The molecule has 0 spiro atoms. The Morgan fingerprint density at radius 3 is 2.93 bits per heavy atom. The molecule has 1 rings (SSSR count). The Kier molecular flexibility index (Phi) is 5.08. The number of pyridine rings is 1. The number of alkyl halides is 1. The van der Waals surface area contributed by atoms with Gasteiger partial charge in [0.15, 0.2) is 0 Å². The third-order valence-electron chi connectivity index (χ3n) is 1.64. The first-order valence-electron chi connectivity index (χ1n) is 4.68. The summed E-state index contributed by atoms with van der Waals surface area (Å²) in [4.78, 5) is 4.14. The minimum Gasteiger partial charge on any atom is -0.478 e. The molecular formula is C11H14ClNO. The van der Waals surface area contributed by atoms with Crippen molar-refractivity contribution in [3.63, 3.8) is 0 Å². The van der Waals surface area contributed by atoms with Crippen LogP contribution in [-0.2, 0) is 0 Å². The first-order valence-corrected chi connectivity index (χ1v) is 5.21. The largest absolute Gasteiger partial charge is 0.478 e. The third kappa shape index (κ3) is 3.79. The molecule has 2 nitrogen and oxygen atoms in total. The highest BCUT2D eigenvalue weighted by Crippen LogP contribution is 2.08. The van der Waals surface area contributed by atoms with Gasteiger partial charge in [-0.05, 0) is 25.0 Å². The molecule has 0 aliphatic carbocycles. The van der Waals surface area contributed by atoms with Gasteiger partial charge >= 0.3 is 0 Å². The van der Waals surface area contributed by atoms with E-state index in [9.17, 15) is 0 Å². The zero-order valence-electron chi connectivity index (χ0n) is 8.24. The Bertz CT molecular complexity index is 282. The van der Waals surface area contributed by atoms with Crippen molar-refractivity contribution in [1.29, 1.82) is 0 Å². The summed E-state index contributed by atoms with van der Waals surface area (Å²) in [5, 5.41) is 0. The molecule has 0 saturated carbocycles. The lowest BCUT2D eigenvalue weighted by molar-refractivity contribution is 0.327. The van der Waals surface area contributed by atoms with Gasteiger partial charge in [-0.1, -0.05) is 12.2 Å². The summed E-state index contributed by atoms with van der Waals surface area (Å²) in [6.07, 6.45) is 6.71. The molecule has 0 aliphatic heterocycles. The molecule has 0 fully saturated rings. The smallest absolute Gasteiger partial charge is 0.213 e. The fourth-order valence-corrected chi connectivity index (χ4v) is 1.13. The molecule has 0 aromatic carbocycles. The lowest BCUT2D eigenvalue weighted by Crippen LogP contribution is -1.93. The van der Waals surface area contributed by atoms with E-state index in [1.165, 1.54) is 0 Å². The van der Waals surface area contributed by atoms with Gasteiger partial charge in [-0.2, -0.15) is 0 Å².